The lowest BCUT2D eigenvalue weighted by Crippen LogP contribution is -2.38. The summed E-state index contributed by atoms with van der Waals surface area (Å²) in [5, 5.41) is 0. The van der Waals surface area contributed by atoms with E-state index in [2.05, 4.69) is 6.58 Å². The first kappa shape index (κ1) is 19.4. The van der Waals surface area contributed by atoms with Crippen molar-refractivity contribution in [3.05, 3.63) is 84.2 Å². The Kier molecular flexibility index (Phi) is 7.15. The molecule has 0 N–H and O–H groups in total. The molecule has 0 aliphatic carbocycles. The molecule has 1 amide bonds. The van der Waals surface area contributed by atoms with Crippen molar-refractivity contribution in [1.82, 2.24) is 4.90 Å². The molecule has 26 heavy (non-hydrogen) atoms. The maximum absolute atomic E-state index is 14.8. The van der Waals surface area contributed by atoms with Gasteiger partial charge in [-0.2, -0.15) is 0 Å². The van der Waals surface area contributed by atoms with Crippen molar-refractivity contribution in [2.45, 2.75) is 25.9 Å². The first-order chi connectivity index (χ1) is 12.5. The highest BCUT2D eigenvalue weighted by Crippen LogP contribution is 2.21. The number of hydrogen-bond donors (Lipinski definition) is 0. The minimum absolute atomic E-state index is 0.166. The Morgan fingerprint density at radius 2 is 1.85 bits per heavy atom. The SMILES string of the molecule is C=CCC(=O)N(Cc1ccc(OC)cc1)[C@@H](C)/C(F)=C/c1ccccc1. The van der Waals surface area contributed by atoms with Gasteiger partial charge in [0.05, 0.1) is 13.2 Å². The van der Waals surface area contributed by atoms with Crippen molar-refractivity contribution in [3.63, 3.8) is 0 Å². The number of carbonyl (C=O) groups excluding carboxylic acids is 1. The van der Waals surface area contributed by atoms with Crippen LogP contribution in [0.3, 0.4) is 0 Å². The Morgan fingerprint density at radius 3 is 2.42 bits per heavy atom. The number of benzene rings is 2. The Balaban J connectivity index is 2.23. The highest BCUT2D eigenvalue weighted by Gasteiger charge is 2.23. The van der Waals surface area contributed by atoms with Gasteiger partial charge in [-0.3, -0.25) is 4.79 Å². The zero-order valence-electron chi connectivity index (χ0n) is 15.2. The zero-order chi connectivity index (χ0) is 18.9. The standard InChI is InChI=1S/C22H24FNO2/c1-4-8-22(25)24(16-19-11-13-20(26-3)14-12-19)17(2)21(23)15-18-9-6-5-7-10-18/h4-7,9-15,17H,1,8,16H2,2-3H3/b21-15-/t17-/m0/s1. The average molecular weight is 353 g/mol. The molecule has 136 valence electrons. The normalized spacial score (nSPS) is 12.3. The maximum atomic E-state index is 14.8. The van der Waals surface area contributed by atoms with Gasteiger partial charge in [0, 0.05) is 13.0 Å². The van der Waals surface area contributed by atoms with Crippen LogP contribution in [-0.4, -0.2) is 24.0 Å². The van der Waals surface area contributed by atoms with Crippen molar-refractivity contribution in [3.8, 4) is 5.75 Å². The second-order valence-corrected chi connectivity index (χ2v) is 5.98. The van der Waals surface area contributed by atoms with Crippen molar-refractivity contribution in [1.29, 1.82) is 0 Å². The molecule has 0 aromatic heterocycles. The molecule has 1 atom stereocenters. The molecule has 2 rings (SSSR count). The number of hydrogen-bond acceptors (Lipinski definition) is 2. The number of amides is 1. The molecule has 0 aliphatic rings. The minimum Gasteiger partial charge on any atom is -0.497 e. The number of rotatable bonds is 8. The fourth-order valence-corrected chi connectivity index (χ4v) is 2.59. The molecule has 0 saturated carbocycles. The summed E-state index contributed by atoms with van der Waals surface area (Å²) in [5.74, 6) is 0.211. The van der Waals surface area contributed by atoms with Crippen molar-refractivity contribution < 1.29 is 13.9 Å². The van der Waals surface area contributed by atoms with Gasteiger partial charge >= 0.3 is 0 Å². The smallest absolute Gasteiger partial charge is 0.227 e. The Bertz CT molecular complexity index is 753. The fourth-order valence-electron chi connectivity index (χ4n) is 2.59. The molecule has 0 unspecified atom stereocenters. The first-order valence-electron chi connectivity index (χ1n) is 8.50. The molecule has 0 aliphatic heterocycles. The summed E-state index contributed by atoms with van der Waals surface area (Å²) in [4.78, 5) is 14.0. The second kappa shape index (κ2) is 9.56. The molecule has 0 saturated heterocycles. The largest absolute Gasteiger partial charge is 0.497 e. The maximum Gasteiger partial charge on any atom is 0.227 e. The van der Waals surface area contributed by atoms with Crippen LogP contribution < -0.4 is 4.74 Å². The van der Waals surface area contributed by atoms with Crippen LogP contribution in [0.25, 0.3) is 6.08 Å². The Labute approximate surface area is 154 Å². The summed E-state index contributed by atoms with van der Waals surface area (Å²) in [6, 6.07) is 15.9. The van der Waals surface area contributed by atoms with Gasteiger partial charge in [-0.05, 0) is 36.3 Å². The molecule has 0 fully saturated rings. The second-order valence-electron chi connectivity index (χ2n) is 5.98. The van der Waals surface area contributed by atoms with E-state index in [-0.39, 0.29) is 18.2 Å². The fraction of sp³-hybridized carbons (Fsp3) is 0.227. The van der Waals surface area contributed by atoms with Gasteiger partial charge in [0.15, 0.2) is 0 Å². The lowest BCUT2D eigenvalue weighted by atomic mass is 10.1. The van der Waals surface area contributed by atoms with Crippen molar-refractivity contribution in [2.24, 2.45) is 0 Å². The van der Waals surface area contributed by atoms with Gasteiger partial charge in [0.2, 0.25) is 5.91 Å². The van der Waals surface area contributed by atoms with Crippen LogP contribution in [0.2, 0.25) is 0 Å². The van der Waals surface area contributed by atoms with Crippen LogP contribution in [-0.2, 0) is 11.3 Å². The van der Waals surface area contributed by atoms with Gasteiger partial charge in [0.25, 0.3) is 0 Å². The topological polar surface area (TPSA) is 29.5 Å². The number of nitrogens with zero attached hydrogens (tertiary/aromatic N) is 1. The molecule has 2 aromatic carbocycles. The third-order valence-electron chi connectivity index (χ3n) is 4.12. The van der Waals surface area contributed by atoms with Crippen LogP contribution in [0.5, 0.6) is 5.75 Å². The van der Waals surface area contributed by atoms with Crippen LogP contribution in [0.1, 0.15) is 24.5 Å². The monoisotopic (exact) mass is 353 g/mol. The summed E-state index contributed by atoms with van der Waals surface area (Å²) in [6.07, 6.45) is 3.17. The number of ether oxygens (including phenoxy) is 1. The lowest BCUT2D eigenvalue weighted by Gasteiger charge is -2.28. The highest BCUT2D eigenvalue weighted by atomic mass is 19.1. The minimum atomic E-state index is -0.676. The Hall–Kier alpha value is -2.88. The summed E-state index contributed by atoms with van der Waals surface area (Å²) in [7, 11) is 1.60. The molecule has 0 heterocycles. The van der Waals surface area contributed by atoms with Crippen LogP contribution >= 0.6 is 0 Å². The van der Waals surface area contributed by atoms with E-state index in [9.17, 15) is 9.18 Å². The third kappa shape index (κ3) is 5.31. The van der Waals surface area contributed by atoms with Gasteiger partial charge in [-0.25, -0.2) is 4.39 Å². The Morgan fingerprint density at radius 1 is 1.19 bits per heavy atom. The number of halogens is 1. The van der Waals surface area contributed by atoms with E-state index in [1.165, 1.54) is 17.1 Å². The van der Waals surface area contributed by atoms with E-state index in [0.717, 1.165) is 16.9 Å². The first-order valence-corrected chi connectivity index (χ1v) is 8.50. The average Bonchev–Trinajstić information content (AvgIpc) is 2.67. The predicted octanol–water partition coefficient (Wildman–Crippen LogP) is 5.00. The van der Waals surface area contributed by atoms with E-state index in [4.69, 9.17) is 4.74 Å². The van der Waals surface area contributed by atoms with Crippen LogP contribution in [0, 0.1) is 0 Å². The number of carbonyl (C=O) groups is 1. The molecule has 2 aromatic rings. The van der Waals surface area contributed by atoms with Gasteiger partial charge in [-0.1, -0.05) is 48.5 Å². The summed E-state index contributed by atoms with van der Waals surface area (Å²) in [6.45, 7) is 5.62. The molecule has 4 heteroatoms. The lowest BCUT2D eigenvalue weighted by molar-refractivity contribution is -0.132. The zero-order valence-corrected chi connectivity index (χ0v) is 15.2. The molecule has 3 nitrogen and oxygen atoms in total. The van der Waals surface area contributed by atoms with E-state index >= 15 is 0 Å². The molecule has 0 bridgehead atoms. The quantitative estimate of drug-likeness (QED) is 0.625. The molecule has 0 spiro atoms. The van der Waals surface area contributed by atoms with Crippen LogP contribution in [0.15, 0.2) is 73.1 Å². The van der Waals surface area contributed by atoms with E-state index in [1.54, 1.807) is 14.0 Å². The van der Waals surface area contributed by atoms with E-state index in [0.29, 0.717) is 6.54 Å². The van der Waals surface area contributed by atoms with Crippen LogP contribution in [0.4, 0.5) is 4.39 Å². The summed E-state index contributed by atoms with van der Waals surface area (Å²) >= 11 is 0. The highest BCUT2D eigenvalue weighted by molar-refractivity contribution is 5.78. The summed E-state index contributed by atoms with van der Waals surface area (Å²) in [5.41, 5.74) is 1.67. The predicted molar refractivity (Wildman–Crippen MR) is 103 cm³/mol. The third-order valence-corrected chi connectivity index (χ3v) is 4.12. The molecular formula is C22H24FNO2. The van der Waals surface area contributed by atoms with Crippen molar-refractivity contribution in [2.75, 3.05) is 7.11 Å². The molecular weight excluding hydrogens is 329 g/mol. The number of methoxy groups -OCH3 is 1. The van der Waals surface area contributed by atoms with Gasteiger partial charge in [-0.15, -0.1) is 6.58 Å². The van der Waals surface area contributed by atoms with E-state index in [1.807, 2.05) is 54.6 Å². The van der Waals surface area contributed by atoms with Gasteiger partial charge in [0.1, 0.15) is 11.6 Å². The molecule has 0 radical (unpaired) electrons. The van der Waals surface area contributed by atoms with Gasteiger partial charge < -0.3 is 9.64 Å². The van der Waals surface area contributed by atoms with Crippen molar-refractivity contribution >= 4 is 12.0 Å². The summed E-state index contributed by atoms with van der Waals surface area (Å²) < 4.78 is 19.9. The van der Waals surface area contributed by atoms with E-state index < -0.39 is 6.04 Å².